The Balaban J connectivity index is 1.53. The van der Waals surface area contributed by atoms with Crippen LogP contribution in [-0.4, -0.2) is 41.9 Å². The van der Waals surface area contributed by atoms with Crippen LogP contribution in [0.3, 0.4) is 0 Å². The summed E-state index contributed by atoms with van der Waals surface area (Å²) in [5.41, 5.74) is 2.19. The van der Waals surface area contributed by atoms with Gasteiger partial charge in [0, 0.05) is 24.9 Å². The minimum absolute atomic E-state index is 0.0230. The molecule has 2 aliphatic heterocycles. The number of hydrogen-bond donors (Lipinski definition) is 2. The molecule has 29 heavy (non-hydrogen) atoms. The molecule has 1 atom stereocenters. The number of nitrogens with one attached hydrogen (secondary N) is 2. The minimum atomic E-state index is -0.621. The number of likely N-dealkylation sites (tertiary alicyclic amines) is 1. The van der Waals surface area contributed by atoms with Gasteiger partial charge in [0.05, 0.1) is 0 Å². The van der Waals surface area contributed by atoms with Crippen molar-refractivity contribution in [2.45, 2.75) is 37.1 Å². The van der Waals surface area contributed by atoms with Crippen LogP contribution in [0.4, 0.5) is 4.79 Å². The molecule has 6 heteroatoms. The molecule has 6 nitrogen and oxygen atoms in total. The van der Waals surface area contributed by atoms with Gasteiger partial charge in [0.25, 0.3) is 5.91 Å². The van der Waals surface area contributed by atoms with Gasteiger partial charge in [-0.15, -0.1) is 0 Å². The number of urea groups is 1. The van der Waals surface area contributed by atoms with E-state index < -0.39 is 12.1 Å². The van der Waals surface area contributed by atoms with Crippen LogP contribution < -0.4 is 10.6 Å². The lowest BCUT2D eigenvalue weighted by Crippen LogP contribution is -2.49. The van der Waals surface area contributed by atoms with Crippen LogP contribution in [0.5, 0.6) is 0 Å². The fraction of sp³-hybridized carbons (Fsp3) is 0.348. The van der Waals surface area contributed by atoms with Gasteiger partial charge < -0.3 is 10.2 Å². The summed E-state index contributed by atoms with van der Waals surface area (Å²) in [5, 5.41) is 4.77. The highest BCUT2D eigenvalue weighted by atomic mass is 16.2. The molecular weight excluding hydrogens is 366 g/mol. The highest BCUT2D eigenvalue weighted by Crippen LogP contribution is 2.40. The van der Waals surface area contributed by atoms with E-state index in [1.807, 2.05) is 41.3 Å². The largest absolute Gasteiger partial charge is 0.341 e. The molecule has 0 radical (unpaired) electrons. The first-order valence-electron chi connectivity index (χ1n) is 10.1. The summed E-state index contributed by atoms with van der Waals surface area (Å²) in [6, 6.07) is 19.6. The Morgan fingerprint density at radius 1 is 1.00 bits per heavy atom. The quantitative estimate of drug-likeness (QED) is 0.769. The molecule has 2 saturated heterocycles. The lowest BCUT2D eigenvalue weighted by Gasteiger charge is -2.44. The number of benzene rings is 2. The van der Waals surface area contributed by atoms with Crippen molar-refractivity contribution in [2.75, 3.05) is 13.1 Å². The minimum Gasteiger partial charge on any atom is -0.341 e. The van der Waals surface area contributed by atoms with Crippen molar-refractivity contribution in [3.8, 4) is 0 Å². The summed E-state index contributed by atoms with van der Waals surface area (Å²) in [6.07, 6.45) is 2.44. The van der Waals surface area contributed by atoms with Gasteiger partial charge in [-0.1, -0.05) is 60.7 Å². The van der Waals surface area contributed by atoms with Crippen molar-refractivity contribution < 1.29 is 14.4 Å². The monoisotopic (exact) mass is 391 g/mol. The number of nitrogens with zero attached hydrogens (tertiary/aromatic N) is 1. The van der Waals surface area contributed by atoms with E-state index in [9.17, 15) is 14.4 Å². The molecule has 0 unspecified atom stereocenters. The first kappa shape index (κ1) is 19.2. The summed E-state index contributed by atoms with van der Waals surface area (Å²) in [6.45, 7) is 1.33. The Kier molecular flexibility index (Phi) is 5.34. The fourth-order valence-electron chi connectivity index (χ4n) is 4.51. The number of imide groups is 1. The van der Waals surface area contributed by atoms with Gasteiger partial charge in [-0.25, -0.2) is 4.79 Å². The molecule has 2 aromatic carbocycles. The van der Waals surface area contributed by atoms with Crippen molar-refractivity contribution in [2.24, 2.45) is 0 Å². The Bertz CT molecular complexity index is 859. The summed E-state index contributed by atoms with van der Waals surface area (Å²) in [4.78, 5) is 37.9. The van der Waals surface area contributed by atoms with E-state index >= 15 is 0 Å². The normalized spacial score (nSPS) is 20.8. The molecule has 4 amide bonds. The first-order chi connectivity index (χ1) is 14.1. The summed E-state index contributed by atoms with van der Waals surface area (Å²) < 4.78 is 0. The van der Waals surface area contributed by atoms with Gasteiger partial charge >= 0.3 is 6.03 Å². The SMILES string of the molecule is O=C1NC(=O)[C@H](CCC(=O)N2CCCC(c3ccccc3)(c3ccccc3)C2)N1. The zero-order valence-electron chi connectivity index (χ0n) is 16.3. The van der Waals surface area contributed by atoms with Crippen LogP contribution >= 0.6 is 0 Å². The van der Waals surface area contributed by atoms with E-state index in [0.717, 1.165) is 12.8 Å². The number of hydrogen-bond acceptors (Lipinski definition) is 3. The molecule has 2 N–H and O–H groups in total. The zero-order chi connectivity index (χ0) is 20.3. The second-order valence-electron chi connectivity index (χ2n) is 7.79. The topological polar surface area (TPSA) is 78.5 Å². The van der Waals surface area contributed by atoms with E-state index in [-0.39, 0.29) is 23.7 Å². The Morgan fingerprint density at radius 2 is 1.62 bits per heavy atom. The van der Waals surface area contributed by atoms with Gasteiger partial charge in [-0.3, -0.25) is 14.9 Å². The lowest BCUT2D eigenvalue weighted by molar-refractivity contribution is -0.133. The second kappa shape index (κ2) is 8.07. The number of carbonyl (C=O) groups is 3. The number of carbonyl (C=O) groups excluding carboxylic acids is 3. The van der Waals surface area contributed by atoms with Crippen LogP contribution in [-0.2, 0) is 15.0 Å². The third-order valence-electron chi connectivity index (χ3n) is 6.00. The maximum absolute atomic E-state index is 13.0. The zero-order valence-corrected chi connectivity index (χ0v) is 16.3. The molecule has 2 aliphatic rings. The second-order valence-corrected chi connectivity index (χ2v) is 7.79. The summed E-state index contributed by atoms with van der Waals surface area (Å²) in [7, 11) is 0. The third-order valence-corrected chi connectivity index (χ3v) is 6.00. The van der Waals surface area contributed by atoms with E-state index in [4.69, 9.17) is 0 Å². The average Bonchev–Trinajstić information content (AvgIpc) is 3.10. The predicted molar refractivity (Wildman–Crippen MR) is 109 cm³/mol. The number of rotatable bonds is 5. The molecule has 0 saturated carbocycles. The van der Waals surface area contributed by atoms with Crippen LogP contribution in [0.25, 0.3) is 0 Å². The highest BCUT2D eigenvalue weighted by molar-refractivity contribution is 6.04. The molecular formula is C23H25N3O3. The van der Waals surface area contributed by atoms with Gasteiger partial charge in [0.15, 0.2) is 0 Å². The van der Waals surface area contributed by atoms with Crippen LogP contribution in [0.2, 0.25) is 0 Å². The molecule has 150 valence electrons. The number of amides is 4. The molecule has 2 heterocycles. The summed E-state index contributed by atoms with van der Waals surface area (Å²) >= 11 is 0. The van der Waals surface area contributed by atoms with Gasteiger partial charge in [0.1, 0.15) is 6.04 Å². The average molecular weight is 391 g/mol. The maximum Gasteiger partial charge on any atom is 0.322 e. The maximum atomic E-state index is 13.0. The van der Waals surface area contributed by atoms with E-state index in [2.05, 4.69) is 34.9 Å². The Labute approximate surface area is 170 Å². The van der Waals surface area contributed by atoms with Crippen molar-refractivity contribution in [1.29, 1.82) is 0 Å². The molecule has 2 aromatic rings. The third kappa shape index (κ3) is 3.88. The van der Waals surface area contributed by atoms with E-state index in [1.54, 1.807) is 0 Å². The standard InChI is InChI=1S/C23H25N3O3/c27-20(13-12-19-21(28)25-22(29)24-19)26-15-7-14-23(16-26,17-8-3-1-4-9-17)18-10-5-2-6-11-18/h1-6,8-11,19H,7,12-16H2,(H2,24,25,28,29)/t19-/m0/s1. The van der Waals surface area contributed by atoms with Crippen molar-refractivity contribution >= 4 is 17.8 Å². The number of piperidine rings is 1. The molecule has 0 aliphatic carbocycles. The highest BCUT2D eigenvalue weighted by Gasteiger charge is 2.40. The van der Waals surface area contributed by atoms with E-state index in [1.165, 1.54) is 11.1 Å². The Hall–Kier alpha value is -3.15. The van der Waals surface area contributed by atoms with E-state index in [0.29, 0.717) is 19.5 Å². The van der Waals surface area contributed by atoms with Crippen LogP contribution in [0.1, 0.15) is 36.8 Å². The fourth-order valence-corrected chi connectivity index (χ4v) is 4.51. The van der Waals surface area contributed by atoms with Crippen molar-refractivity contribution in [1.82, 2.24) is 15.5 Å². The van der Waals surface area contributed by atoms with Gasteiger partial charge in [-0.2, -0.15) is 0 Å². The molecule has 0 aromatic heterocycles. The smallest absolute Gasteiger partial charge is 0.322 e. The van der Waals surface area contributed by atoms with Gasteiger partial charge in [-0.05, 0) is 30.4 Å². The first-order valence-corrected chi connectivity index (χ1v) is 10.1. The molecule has 4 rings (SSSR count). The van der Waals surface area contributed by atoms with Crippen molar-refractivity contribution in [3.05, 3.63) is 71.8 Å². The lowest BCUT2D eigenvalue weighted by atomic mass is 9.69. The summed E-state index contributed by atoms with van der Waals surface area (Å²) in [5.74, 6) is -0.334. The van der Waals surface area contributed by atoms with Crippen LogP contribution in [0, 0.1) is 0 Å². The van der Waals surface area contributed by atoms with Crippen molar-refractivity contribution in [3.63, 3.8) is 0 Å². The van der Waals surface area contributed by atoms with Gasteiger partial charge in [0.2, 0.25) is 5.91 Å². The molecule has 0 bridgehead atoms. The predicted octanol–water partition coefficient (Wildman–Crippen LogP) is 2.58. The van der Waals surface area contributed by atoms with Crippen LogP contribution in [0.15, 0.2) is 60.7 Å². The molecule has 2 fully saturated rings. The Morgan fingerprint density at radius 3 is 2.17 bits per heavy atom. The molecule has 0 spiro atoms.